The molecule has 0 unspecified atom stereocenters. The molecule has 6 nitrogen and oxygen atoms in total. The molecule has 2 aliphatic rings. The Morgan fingerprint density at radius 1 is 0.784 bits per heavy atom. The fraction of sp³-hybridized carbons (Fsp3) is 0.355. The van der Waals surface area contributed by atoms with Crippen molar-refractivity contribution < 1.29 is 4.79 Å². The van der Waals surface area contributed by atoms with E-state index < -0.39 is 0 Å². The van der Waals surface area contributed by atoms with Gasteiger partial charge in [-0.3, -0.25) is 9.69 Å². The number of carbonyl (C=O) groups is 1. The Hall–Kier alpha value is -3.82. The lowest BCUT2D eigenvalue weighted by Crippen LogP contribution is -2.49. The van der Waals surface area contributed by atoms with E-state index in [1.54, 1.807) is 0 Å². The largest absolute Gasteiger partial charge is 0.369 e. The Bertz CT molecular complexity index is 1300. The van der Waals surface area contributed by atoms with E-state index in [9.17, 15) is 10.1 Å². The van der Waals surface area contributed by atoms with Crippen molar-refractivity contribution in [3.63, 3.8) is 0 Å². The van der Waals surface area contributed by atoms with Gasteiger partial charge in [0.2, 0.25) is 0 Å². The monoisotopic (exact) mass is 493 g/mol. The first-order valence-electron chi connectivity index (χ1n) is 13.2. The van der Waals surface area contributed by atoms with Gasteiger partial charge in [0.15, 0.2) is 0 Å². The molecular weight excluding hydrogens is 458 g/mol. The van der Waals surface area contributed by atoms with Gasteiger partial charge in [0.1, 0.15) is 0 Å². The van der Waals surface area contributed by atoms with E-state index >= 15 is 0 Å². The van der Waals surface area contributed by atoms with Gasteiger partial charge in [0.25, 0.3) is 5.91 Å². The second-order valence-electron chi connectivity index (χ2n) is 10.1. The van der Waals surface area contributed by atoms with Crippen LogP contribution in [0.4, 0.5) is 11.4 Å². The van der Waals surface area contributed by atoms with E-state index in [0.29, 0.717) is 18.7 Å². The van der Waals surface area contributed by atoms with Gasteiger partial charge in [0, 0.05) is 75.8 Å². The van der Waals surface area contributed by atoms with Gasteiger partial charge in [-0.1, -0.05) is 36.4 Å². The van der Waals surface area contributed by atoms with Crippen molar-refractivity contribution in [2.45, 2.75) is 20.4 Å². The molecule has 0 atom stereocenters. The smallest absolute Gasteiger partial charge is 0.254 e. The molecule has 2 heterocycles. The molecule has 5 rings (SSSR count). The summed E-state index contributed by atoms with van der Waals surface area (Å²) in [7, 11) is 0. The number of hydrogen-bond acceptors (Lipinski definition) is 5. The topological polar surface area (TPSA) is 53.8 Å². The van der Waals surface area contributed by atoms with E-state index in [1.165, 1.54) is 16.8 Å². The van der Waals surface area contributed by atoms with Crippen LogP contribution in [0.2, 0.25) is 0 Å². The SMILES string of the molecule is Cc1ccc(CN2CCN(c3ccccc3C)CC2)cc1C(=O)N1CCN(c2cccc(C#N)c2)CC1. The number of rotatable bonds is 5. The zero-order valence-electron chi connectivity index (χ0n) is 21.9. The number of nitrogens with zero attached hydrogens (tertiary/aromatic N) is 5. The van der Waals surface area contributed by atoms with E-state index in [1.807, 2.05) is 36.1 Å². The number of amides is 1. The first-order valence-corrected chi connectivity index (χ1v) is 13.2. The summed E-state index contributed by atoms with van der Waals surface area (Å²) in [5.41, 5.74) is 7.42. The molecule has 0 bridgehead atoms. The van der Waals surface area contributed by atoms with Crippen LogP contribution in [0, 0.1) is 25.2 Å². The van der Waals surface area contributed by atoms with Crippen molar-refractivity contribution in [2.24, 2.45) is 0 Å². The second-order valence-corrected chi connectivity index (χ2v) is 10.1. The summed E-state index contributed by atoms with van der Waals surface area (Å²) in [5, 5.41) is 9.20. The highest BCUT2D eigenvalue weighted by molar-refractivity contribution is 5.96. The number of anilines is 2. The van der Waals surface area contributed by atoms with Crippen molar-refractivity contribution in [3.8, 4) is 6.07 Å². The summed E-state index contributed by atoms with van der Waals surface area (Å²) in [4.78, 5) is 22.7. The van der Waals surface area contributed by atoms with Gasteiger partial charge >= 0.3 is 0 Å². The van der Waals surface area contributed by atoms with Gasteiger partial charge < -0.3 is 14.7 Å². The van der Waals surface area contributed by atoms with Crippen molar-refractivity contribution >= 4 is 17.3 Å². The van der Waals surface area contributed by atoms with Crippen LogP contribution in [0.5, 0.6) is 0 Å². The van der Waals surface area contributed by atoms with Crippen LogP contribution in [0.25, 0.3) is 0 Å². The van der Waals surface area contributed by atoms with Crippen LogP contribution in [-0.4, -0.2) is 68.1 Å². The highest BCUT2D eigenvalue weighted by Crippen LogP contribution is 2.23. The van der Waals surface area contributed by atoms with Crippen molar-refractivity contribution in [1.82, 2.24) is 9.80 Å². The normalized spacial score (nSPS) is 16.5. The lowest BCUT2D eigenvalue weighted by Gasteiger charge is -2.37. The van der Waals surface area contributed by atoms with Crippen LogP contribution in [-0.2, 0) is 6.54 Å². The Morgan fingerprint density at radius 3 is 2.24 bits per heavy atom. The maximum Gasteiger partial charge on any atom is 0.254 e. The average molecular weight is 494 g/mol. The summed E-state index contributed by atoms with van der Waals surface area (Å²) in [5.74, 6) is 0.120. The minimum Gasteiger partial charge on any atom is -0.369 e. The third-order valence-corrected chi connectivity index (χ3v) is 7.67. The number of hydrogen-bond donors (Lipinski definition) is 0. The molecule has 0 aromatic heterocycles. The van der Waals surface area contributed by atoms with E-state index in [4.69, 9.17) is 0 Å². The zero-order chi connectivity index (χ0) is 25.8. The standard InChI is InChI=1S/C31H35N5O/c1-24-10-11-27(23-33-12-14-35(15-13-33)30-9-4-3-6-25(30)2)21-29(24)31(37)36-18-16-34(17-19-36)28-8-5-7-26(20-28)22-32/h3-11,20-21H,12-19,23H2,1-2H3. The molecule has 6 heteroatoms. The zero-order valence-corrected chi connectivity index (χ0v) is 21.9. The molecule has 0 N–H and O–H groups in total. The molecule has 3 aromatic rings. The molecule has 0 radical (unpaired) electrons. The van der Waals surface area contributed by atoms with Crippen molar-refractivity contribution in [2.75, 3.05) is 62.2 Å². The summed E-state index contributed by atoms with van der Waals surface area (Å²) in [6.45, 7) is 12.0. The number of aryl methyl sites for hydroxylation is 2. The summed E-state index contributed by atoms with van der Waals surface area (Å²) in [6.07, 6.45) is 0. The molecule has 0 spiro atoms. The second kappa shape index (κ2) is 11.1. The third kappa shape index (κ3) is 5.63. The van der Waals surface area contributed by atoms with Crippen LogP contribution < -0.4 is 9.80 Å². The Labute approximate surface area is 220 Å². The average Bonchev–Trinajstić information content (AvgIpc) is 2.94. The van der Waals surface area contributed by atoms with Gasteiger partial charge in [-0.25, -0.2) is 0 Å². The predicted octanol–water partition coefficient (Wildman–Crippen LogP) is 4.46. The molecular formula is C31H35N5O. The predicted molar refractivity (Wildman–Crippen MR) is 149 cm³/mol. The Morgan fingerprint density at radius 2 is 1.51 bits per heavy atom. The summed E-state index contributed by atoms with van der Waals surface area (Å²) >= 11 is 0. The van der Waals surface area contributed by atoms with Crippen LogP contribution in [0.15, 0.2) is 66.7 Å². The first kappa shape index (κ1) is 24.9. The fourth-order valence-electron chi connectivity index (χ4n) is 5.43. The lowest BCUT2D eigenvalue weighted by molar-refractivity contribution is 0.0746. The number of benzene rings is 3. The van der Waals surface area contributed by atoms with Crippen LogP contribution in [0.3, 0.4) is 0 Å². The highest BCUT2D eigenvalue weighted by atomic mass is 16.2. The number of para-hydroxylation sites is 1. The fourth-order valence-corrected chi connectivity index (χ4v) is 5.43. The maximum absolute atomic E-state index is 13.5. The molecule has 2 aliphatic heterocycles. The Kier molecular flexibility index (Phi) is 7.43. The summed E-state index contributed by atoms with van der Waals surface area (Å²) < 4.78 is 0. The van der Waals surface area contributed by atoms with E-state index in [-0.39, 0.29) is 5.91 Å². The molecule has 1 amide bonds. The highest BCUT2D eigenvalue weighted by Gasteiger charge is 2.24. The molecule has 3 aromatic carbocycles. The number of nitriles is 1. The lowest BCUT2D eigenvalue weighted by atomic mass is 10.0. The van der Waals surface area contributed by atoms with Crippen LogP contribution >= 0.6 is 0 Å². The quantitative estimate of drug-likeness (QED) is 0.525. The van der Waals surface area contributed by atoms with E-state index in [0.717, 1.165) is 62.6 Å². The molecule has 2 fully saturated rings. The van der Waals surface area contributed by atoms with E-state index in [2.05, 4.69) is 70.2 Å². The van der Waals surface area contributed by atoms with Gasteiger partial charge in [0.05, 0.1) is 11.6 Å². The summed E-state index contributed by atoms with van der Waals surface area (Å²) in [6, 6.07) is 24.9. The Balaban J connectivity index is 1.19. The van der Waals surface area contributed by atoms with Crippen molar-refractivity contribution in [3.05, 3.63) is 94.5 Å². The molecule has 0 aliphatic carbocycles. The molecule has 0 saturated carbocycles. The molecule has 190 valence electrons. The van der Waals surface area contributed by atoms with Gasteiger partial charge in [-0.15, -0.1) is 0 Å². The minimum absolute atomic E-state index is 0.120. The molecule has 37 heavy (non-hydrogen) atoms. The molecule has 2 saturated heterocycles. The number of piperazine rings is 2. The third-order valence-electron chi connectivity index (χ3n) is 7.67. The van der Waals surface area contributed by atoms with Crippen LogP contribution in [0.1, 0.15) is 32.6 Å². The first-order chi connectivity index (χ1) is 18.0. The maximum atomic E-state index is 13.5. The number of carbonyl (C=O) groups excluding carboxylic acids is 1. The van der Waals surface area contributed by atoms with Gasteiger partial charge in [-0.2, -0.15) is 5.26 Å². The minimum atomic E-state index is 0.120. The van der Waals surface area contributed by atoms with Crippen molar-refractivity contribution in [1.29, 1.82) is 5.26 Å². The van der Waals surface area contributed by atoms with Gasteiger partial charge in [-0.05, 0) is 60.9 Å².